The van der Waals surface area contributed by atoms with E-state index in [9.17, 15) is 0 Å². The normalized spacial score (nSPS) is 12.5. The Morgan fingerprint density at radius 2 is 1.74 bits per heavy atom. The second kappa shape index (κ2) is 6.94. The van der Waals surface area contributed by atoms with Gasteiger partial charge in [-0.15, -0.1) is 10.2 Å². The minimum Gasteiger partial charge on any atom is -0.419 e. The fraction of sp³-hybridized carbons (Fsp3) is 0.222. The van der Waals surface area contributed by atoms with Crippen molar-refractivity contribution < 1.29 is 4.42 Å². The van der Waals surface area contributed by atoms with Gasteiger partial charge in [-0.25, -0.2) is 0 Å². The lowest BCUT2D eigenvalue weighted by molar-refractivity contribution is 0.228. The van der Waals surface area contributed by atoms with Gasteiger partial charge in [-0.2, -0.15) is 0 Å². The molecule has 0 saturated heterocycles. The summed E-state index contributed by atoms with van der Waals surface area (Å²) in [5.41, 5.74) is 2.12. The van der Waals surface area contributed by atoms with Crippen molar-refractivity contribution >= 4 is 11.6 Å². The predicted molar refractivity (Wildman–Crippen MR) is 91.1 cm³/mol. The van der Waals surface area contributed by atoms with Gasteiger partial charge in [0.25, 0.3) is 0 Å². The summed E-state index contributed by atoms with van der Waals surface area (Å²) >= 11 is 5.94. The molecule has 0 aliphatic rings. The fourth-order valence-corrected chi connectivity index (χ4v) is 2.49. The van der Waals surface area contributed by atoms with E-state index >= 15 is 0 Å². The Bertz CT molecular complexity index is 755. The summed E-state index contributed by atoms with van der Waals surface area (Å²) < 4.78 is 5.76. The van der Waals surface area contributed by atoms with E-state index in [1.807, 2.05) is 61.6 Å². The third-order valence-electron chi connectivity index (χ3n) is 3.89. The van der Waals surface area contributed by atoms with Gasteiger partial charge in [0, 0.05) is 16.6 Å². The molecule has 0 amide bonds. The first-order chi connectivity index (χ1) is 11.1. The summed E-state index contributed by atoms with van der Waals surface area (Å²) in [6.07, 6.45) is 0. The highest BCUT2D eigenvalue weighted by Gasteiger charge is 2.16. The molecule has 0 N–H and O–H groups in total. The third-order valence-corrected chi connectivity index (χ3v) is 4.14. The van der Waals surface area contributed by atoms with Crippen LogP contribution in [0.25, 0.3) is 11.5 Å². The second-order valence-electron chi connectivity index (χ2n) is 5.51. The highest BCUT2D eigenvalue weighted by Crippen LogP contribution is 2.23. The van der Waals surface area contributed by atoms with Crippen LogP contribution in [0, 0.1) is 0 Å². The molecular formula is C18H18ClN3O. The number of aromatic nitrogens is 2. The molecule has 0 saturated carbocycles. The first-order valence-corrected chi connectivity index (χ1v) is 7.85. The Morgan fingerprint density at radius 1 is 1.04 bits per heavy atom. The van der Waals surface area contributed by atoms with E-state index in [4.69, 9.17) is 16.0 Å². The summed E-state index contributed by atoms with van der Waals surface area (Å²) in [5, 5.41) is 9.01. The van der Waals surface area contributed by atoms with Crippen LogP contribution in [-0.2, 0) is 6.54 Å². The molecule has 5 heteroatoms. The lowest BCUT2D eigenvalue weighted by Crippen LogP contribution is -2.22. The number of benzene rings is 2. The van der Waals surface area contributed by atoms with Gasteiger partial charge in [0.05, 0.1) is 6.54 Å². The molecule has 23 heavy (non-hydrogen) atoms. The van der Waals surface area contributed by atoms with E-state index < -0.39 is 0 Å². The summed E-state index contributed by atoms with van der Waals surface area (Å²) in [4.78, 5) is 2.16. The van der Waals surface area contributed by atoms with Gasteiger partial charge in [0.2, 0.25) is 11.8 Å². The average molecular weight is 328 g/mol. The van der Waals surface area contributed by atoms with Crippen molar-refractivity contribution in [2.45, 2.75) is 19.5 Å². The number of hydrogen-bond acceptors (Lipinski definition) is 4. The molecule has 3 rings (SSSR count). The topological polar surface area (TPSA) is 42.2 Å². The van der Waals surface area contributed by atoms with Crippen molar-refractivity contribution in [3.63, 3.8) is 0 Å². The maximum Gasteiger partial charge on any atom is 0.247 e. The first kappa shape index (κ1) is 15.7. The van der Waals surface area contributed by atoms with Crippen molar-refractivity contribution in [3.05, 3.63) is 71.1 Å². The van der Waals surface area contributed by atoms with Gasteiger partial charge >= 0.3 is 0 Å². The van der Waals surface area contributed by atoms with Crippen LogP contribution in [0.3, 0.4) is 0 Å². The fourth-order valence-electron chi connectivity index (χ4n) is 2.36. The Morgan fingerprint density at radius 3 is 2.43 bits per heavy atom. The molecule has 0 fully saturated rings. The van der Waals surface area contributed by atoms with Gasteiger partial charge in [0.15, 0.2) is 0 Å². The van der Waals surface area contributed by atoms with Gasteiger partial charge in [0.1, 0.15) is 0 Å². The van der Waals surface area contributed by atoms with Crippen molar-refractivity contribution in [2.24, 2.45) is 0 Å². The lowest BCUT2D eigenvalue weighted by atomic mass is 10.1. The summed E-state index contributed by atoms with van der Waals surface area (Å²) in [6.45, 7) is 2.72. The Balaban J connectivity index is 1.69. The molecule has 0 aliphatic heterocycles. The largest absolute Gasteiger partial charge is 0.419 e. The standard InChI is InChI=1S/C18H18ClN3O/c1-13(14-8-10-16(19)11-9-14)22(2)12-17-20-21-18(23-17)15-6-4-3-5-7-15/h3-11,13H,12H2,1-2H3. The molecule has 1 atom stereocenters. The molecule has 1 aromatic heterocycles. The van der Waals surface area contributed by atoms with Crippen molar-refractivity contribution in [2.75, 3.05) is 7.05 Å². The average Bonchev–Trinajstić information content (AvgIpc) is 3.04. The highest BCUT2D eigenvalue weighted by atomic mass is 35.5. The maximum atomic E-state index is 5.94. The van der Waals surface area contributed by atoms with E-state index in [1.165, 1.54) is 5.56 Å². The quantitative estimate of drug-likeness (QED) is 0.687. The van der Waals surface area contributed by atoms with E-state index in [0.29, 0.717) is 18.3 Å². The molecule has 0 bridgehead atoms. The summed E-state index contributed by atoms with van der Waals surface area (Å²) in [6, 6.07) is 17.9. The summed E-state index contributed by atoms with van der Waals surface area (Å²) in [7, 11) is 2.03. The highest BCUT2D eigenvalue weighted by molar-refractivity contribution is 6.30. The van der Waals surface area contributed by atoms with E-state index in [0.717, 1.165) is 10.6 Å². The van der Waals surface area contributed by atoms with Crippen molar-refractivity contribution in [1.29, 1.82) is 0 Å². The minimum atomic E-state index is 0.222. The smallest absolute Gasteiger partial charge is 0.247 e. The molecule has 118 valence electrons. The van der Waals surface area contributed by atoms with Gasteiger partial charge in [-0.3, -0.25) is 4.90 Å². The lowest BCUT2D eigenvalue weighted by Gasteiger charge is -2.23. The van der Waals surface area contributed by atoms with Crippen LogP contribution in [0.15, 0.2) is 59.0 Å². The molecule has 0 radical (unpaired) electrons. The molecule has 0 spiro atoms. The molecule has 4 nitrogen and oxygen atoms in total. The van der Waals surface area contributed by atoms with Crippen LogP contribution in [0.2, 0.25) is 5.02 Å². The van der Waals surface area contributed by atoms with Crippen LogP contribution in [0.5, 0.6) is 0 Å². The van der Waals surface area contributed by atoms with E-state index in [2.05, 4.69) is 22.0 Å². The van der Waals surface area contributed by atoms with E-state index in [-0.39, 0.29) is 6.04 Å². The molecule has 0 aliphatic carbocycles. The first-order valence-electron chi connectivity index (χ1n) is 7.47. The number of rotatable bonds is 5. The van der Waals surface area contributed by atoms with Gasteiger partial charge in [-0.05, 0) is 43.8 Å². The van der Waals surface area contributed by atoms with Crippen molar-refractivity contribution in [1.82, 2.24) is 15.1 Å². The third kappa shape index (κ3) is 3.78. The van der Waals surface area contributed by atoms with Crippen LogP contribution in [-0.4, -0.2) is 22.1 Å². The molecule has 1 unspecified atom stereocenters. The van der Waals surface area contributed by atoms with Crippen LogP contribution >= 0.6 is 11.6 Å². The monoisotopic (exact) mass is 327 g/mol. The Labute approximate surface area is 140 Å². The molecule has 2 aromatic carbocycles. The van der Waals surface area contributed by atoms with Gasteiger partial charge in [-0.1, -0.05) is 41.9 Å². The number of nitrogens with zero attached hydrogens (tertiary/aromatic N) is 3. The minimum absolute atomic E-state index is 0.222. The van der Waals surface area contributed by atoms with Crippen molar-refractivity contribution in [3.8, 4) is 11.5 Å². The molecule has 3 aromatic rings. The Hall–Kier alpha value is -2.17. The zero-order valence-corrected chi connectivity index (χ0v) is 13.9. The van der Waals surface area contributed by atoms with Crippen LogP contribution < -0.4 is 0 Å². The number of halogens is 1. The number of hydrogen-bond donors (Lipinski definition) is 0. The summed E-state index contributed by atoms with van der Waals surface area (Å²) in [5.74, 6) is 1.15. The zero-order chi connectivity index (χ0) is 16.2. The van der Waals surface area contributed by atoms with Crippen LogP contribution in [0.1, 0.15) is 24.4 Å². The second-order valence-corrected chi connectivity index (χ2v) is 5.95. The predicted octanol–water partition coefficient (Wildman–Crippen LogP) is 4.58. The SMILES string of the molecule is CC(c1ccc(Cl)cc1)N(C)Cc1nnc(-c2ccccc2)o1. The Kier molecular flexibility index (Phi) is 4.74. The molecule has 1 heterocycles. The molecular weight excluding hydrogens is 310 g/mol. The van der Waals surface area contributed by atoms with Crippen LogP contribution in [0.4, 0.5) is 0 Å². The van der Waals surface area contributed by atoms with E-state index in [1.54, 1.807) is 0 Å². The zero-order valence-electron chi connectivity index (χ0n) is 13.1. The van der Waals surface area contributed by atoms with Gasteiger partial charge < -0.3 is 4.42 Å². The maximum absolute atomic E-state index is 5.94.